The van der Waals surface area contributed by atoms with E-state index in [0.717, 1.165) is 12.1 Å². The van der Waals surface area contributed by atoms with E-state index in [0.29, 0.717) is 0 Å². The van der Waals surface area contributed by atoms with E-state index in [1.807, 2.05) is 6.92 Å². The minimum absolute atomic E-state index is 0.221. The Hall–Kier alpha value is -0.520. The van der Waals surface area contributed by atoms with Gasteiger partial charge >= 0.3 is 0 Å². The molecule has 4 nitrogen and oxygen atoms in total. The Kier molecular flexibility index (Phi) is 10.6. The number of rotatable bonds is 13. The predicted octanol–water partition coefficient (Wildman–Crippen LogP) is 4.66. The van der Waals surface area contributed by atoms with Crippen LogP contribution in [0.25, 0.3) is 0 Å². The molecule has 0 bridgehead atoms. The molecule has 1 heterocycles. The van der Waals surface area contributed by atoms with Crippen molar-refractivity contribution in [3.63, 3.8) is 0 Å². The van der Waals surface area contributed by atoms with Crippen molar-refractivity contribution in [1.29, 1.82) is 0 Å². The van der Waals surface area contributed by atoms with Crippen LogP contribution in [0, 0.1) is 6.92 Å². The van der Waals surface area contributed by atoms with Gasteiger partial charge in [-0.1, -0.05) is 75.6 Å². The number of unbranched alkanes of at least 4 members (excludes halogenated alkanes) is 9. The Morgan fingerprint density at radius 1 is 1.00 bits per heavy atom. The molecule has 0 aliphatic heterocycles. The molecule has 1 atom stereocenters. The van der Waals surface area contributed by atoms with Gasteiger partial charge in [0.2, 0.25) is 0 Å². The number of aromatic nitrogens is 2. The lowest BCUT2D eigenvalue weighted by Crippen LogP contribution is -2.27. The number of nitrogens with zero attached hydrogens (tertiary/aromatic N) is 2. The number of nitrogens with two attached hydrogens (primary N) is 1. The van der Waals surface area contributed by atoms with E-state index in [9.17, 15) is 0 Å². The molecular formula is C16H32N4S. The SMILES string of the molecule is CCCCCCCCCCCCC(NN)c1snnc1C. The highest BCUT2D eigenvalue weighted by molar-refractivity contribution is 7.05. The van der Waals surface area contributed by atoms with Gasteiger partial charge < -0.3 is 0 Å². The Bertz CT molecular complexity index is 354. The second kappa shape index (κ2) is 12.1. The third kappa shape index (κ3) is 7.88. The van der Waals surface area contributed by atoms with Crippen LogP contribution in [0.4, 0.5) is 0 Å². The minimum atomic E-state index is 0.221. The van der Waals surface area contributed by atoms with Crippen molar-refractivity contribution in [3.8, 4) is 0 Å². The van der Waals surface area contributed by atoms with E-state index in [1.54, 1.807) is 0 Å². The summed E-state index contributed by atoms with van der Waals surface area (Å²) in [5.41, 5.74) is 3.92. The lowest BCUT2D eigenvalue weighted by molar-refractivity contribution is 0.477. The monoisotopic (exact) mass is 312 g/mol. The van der Waals surface area contributed by atoms with E-state index in [2.05, 4.69) is 21.9 Å². The van der Waals surface area contributed by atoms with E-state index < -0.39 is 0 Å². The molecule has 1 rings (SSSR count). The van der Waals surface area contributed by atoms with Crippen LogP contribution in [0.2, 0.25) is 0 Å². The van der Waals surface area contributed by atoms with E-state index in [1.165, 1.54) is 80.6 Å². The molecule has 0 fully saturated rings. The molecule has 1 aromatic rings. The highest BCUT2D eigenvalue weighted by atomic mass is 32.1. The fourth-order valence-electron chi connectivity index (χ4n) is 2.68. The predicted molar refractivity (Wildman–Crippen MR) is 91.2 cm³/mol. The molecule has 21 heavy (non-hydrogen) atoms. The summed E-state index contributed by atoms with van der Waals surface area (Å²) in [7, 11) is 0. The zero-order valence-electron chi connectivity index (χ0n) is 13.7. The van der Waals surface area contributed by atoms with Crippen LogP contribution in [-0.2, 0) is 0 Å². The standard InChI is InChI=1S/C16H32N4S/c1-3-4-5-6-7-8-9-10-11-12-13-15(18-17)16-14(2)19-20-21-16/h15,18H,3-13,17H2,1-2H3. The van der Waals surface area contributed by atoms with Crippen LogP contribution < -0.4 is 11.3 Å². The Balaban J connectivity index is 1.99. The van der Waals surface area contributed by atoms with Gasteiger partial charge in [0, 0.05) is 0 Å². The highest BCUT2D eigenvalue weighted by Crippen LogP contribution is 2.24. The van der Waals surface area contributed by atoms with Gasteiger partial charge in [0.1, 0.15) is 0 Å². The van der Waals surface area contributed by atoms with Crippen LogP contribution in [0.3, 0.4) is 0 Å². The second-order valence-corrected chi connectivity index (χ2v) is 6.70. The second-order valence-electron chi connectivity index (χ2n) is 5.91. The molecule has 0 saturated carbocycles. The van der Waals surface area contributed by atoms with Gasteiger partial charge in [-0.25, -0.2) is 0 Å². The molecule has 3 N–H and O–H groups in total. The third-order valence-electron chi connectivity index (χ3n) is 4.05. The van der Waals surface area contributed by atoms with E-state index in [4.69, 9.17) is 5.84 Å². The third-order valence-corrected chi connectivity index (χ3v) is 4.99. The topological polar surface area (TPSA) is 63.8 Å². The molecular weight excluding hydrogens is 280 g/mol. The molecule has 0 saturated heterocycles. The first-order valence-electron chi connectivity index (χ1n) is 8.54. The van der Waals surface area contributed by atoms with Gasteiger partial charge in [-0.15, -0.1) is 5.10 Å². The van der Waals surface area contributed by atoms with Crippen molar-refractivity contribution in [2.45, 2.75) is 90.5 Å². The van der Waals surface area contributed by atoms with Gasteiger partial charge in [-0.2, -0.15) is 0 Å². The Labute approximate surface area is 134 Å². The fraction of sp³-hybridized carbons (Fsp3) is 0.875. The quantitative estimate of drug-likeness (QED) is 0.316. The molecule has 122 valence electrons. The Morgan fingerprint density at radius 2 is 1.57 bits per heavy atom. The zero-order chi connectivity index (χ0) is 15.3. The maximum Gasteiger partial charge on any atom is 0.0773 e. The molecule has 0 amide bonds. The highest BCUT2D eigenvalue weighted by Gasteiger charge is 2.15. The maximum absolute atomic E-state index is 5.65. The van der Waals surface area contributed by atoms with Crippen LogP contribution in [0.1, 0.15) is 94.2 Å². The van der Waals surface area contributed by atoms with Gasteiger partial charge in [-0.05, 0) is 24.9 Å². The lowest BCUT2D eigenvalue weighted by Gasteiger charge is -2.13. The summed E-state index contributed by atoms with van der Waals surface area (Å²) in [5.74, 6) is 5.65. The molecule has 1 aromatic heterocycles. The van der Waals surface area contributed by atoms with Gasteiger partial charge in [0.15, 0.2) is 0 Å². The number of nitrogens with one attached hydrogen (secondary N) is 1. The van der Waals surface area contributed by atoms with Crippen molar-refractivity contribution >= 4 is 11.5 Å². The summed E-state index contributed by atoms with van der Waals surface area (Å²) in [6.07, 6.45) is 14.7. The molecule has 0 aliphatic carbocycles. The van der Waals surface area contributed by atoms with Crippen molar-refractivity contribution < 1.29 is 0 Å². The molecule has 0 radical (unpaired) electrons. The van der Waals surface area contributed by atoms with Crippen LogP contribution in [0.15, 0.2) is 0 Å². The number of aryl methyl sites for hydroxylation is 1. The summed E-state index contributed by atoms with van der Waals surface area (Å²) in [4.78, 5) is 1.19. The number of hydrazine groups is 1. The largest absolute Gasteiger partial charge is 0.271 e. The van der Waals surface area contributed by atoms with Crippen LogP contribution in [0.5, 0.6) is 0 Å². The van der Waals surface area contributed by atoms with Crippen molar-refractivity contribution in [2.75, 3.05) is 0 Å². The first-order valence-corrected chi connectivity index (χ1v) is 9.32. The summed E-state index contributed by atoms with van der Waals surface area (Å²) >= 11 is 1.46. The summed E-state index contributed by atoms with van der Waals surface area (Å²) in [6.45, 7) is 4.27. The van der Waals surface area contributed by atoms with Gasteiger partial charge in [-0.3, -0.25) is 11.3 Å². The number of hydrogen-bond acceptors (Lipinski definition) is 5. The van der Waals surface area contributed by atoms with E-state index >= 15 is 0 Å². The average Bonchev–Trinajstić information content (AvgIpc) is 2.91. The lowest BCUT2D eigenvalue weighted by atomic mass is 10.0. The average molecular weight is 313 g/mol. The molecule has 0 aliphatic rings. The molecule has 0 aromatic carbocycles. The molecule has 0 spiro atoms. The Morgan fingerprint density at radius 3 is 2.05 bits per heavy atom. The normalized spacial score (nSPS) is 12.7. The van der Waals surface area contributed by atoms with E-state index in [-0.39, 0.29) is 6.04 Å². The first kappa shape index (κ1) is 18.5. The maximum atomic E-state index is 5.65. The van der Waals surface area contributed by atoms with Gasteiger partial charge in [0.25, 0.3) is 0 Å². The fourth-order valence-corrected chi connectivity index (χ4v) is 3.42. The smallest absolute Gasteiger partial charge is 0.0773 e. The minimum Gasteiger partial charge on any atom is -0.271 e. The van der Waals surface area contributed by atoms with Gasteiger partial charge in [0.05, 0.1) is 16.6 Å². The zero-order valence-corrected chi connectivity index (χ0v) is 14.6. The van der Waals surface area contributed by atoms with Crippen molar-refractivity contribution in [3.05, 3.63) is 10.6 Å². The molecule has 1 unspecified atom stereocenters. The first-order chi connectivity index (χ1) is 10.3. The summed E-state index contributed by atoms with van der Waals surface area (Å²) < 4.78 is 3.99. The summed E-state index contributed by atoms with van der Waals surface area (Å²) in [5, 5.41) is 4.06. The van der Waals surface area contributed by atoms with Crippen molar-refractivity contribution in [1.82, 2.24) is 15.0 Å². The molecule has 5 heteroatoms. The number of hydrogen-bond donors (Lipinski definition) is 2. The van der Waals surface area contributed by atoms with Crippen LogP contribution in [-0.4, -0.2) is 9.59 Å². The van der Waals surface area contributed by atoms with Crippen molar-refractivity contribution in [2.24, 2.45) is 5.84 Å². The van der Waals surface area contributed by atoms with Crippen LogP contribution >= 0.6 is 11.5 Å². The summed E-state index contributed by atoms with van der Waals surface area (Å²) in [6, 6.07) is 0.221.